The summed E-state index contributed by atoms with van der Waals surface area (Å²) in [6.45, 7) is 0. The van der Waals surface area contributed by atoms with Crippen LogP contribution in [0.5, 0.6) is 0 Å². The van der Waals surface area contributed by atoms with Gasteiger partial charge >= 0.3 is 0 Å². The van der Waals surface area contributed by atoms with E-state index in [9.17, 15) is 4.79 Å². The molecule has 0 aliphatic carbocycles. The highest BCUT2D eigenvalue weighted by atomic mass is 79.9. The number of halogens is 2. The number of carbonyl (C=O) groups is 1. The molecule has 17 heavy (non-hydrogen) atoms. The SMILES string of the molecule is CNC(=O)c1ccn(-c2ncc(Br)cc2Cl)n1. The number of nitrogens with zero attached hydrogens (tertiary/aromatic N) is 3. The van der Waals surface area contributed by atoms with Crippen molar-refractivity contribution in [2.75, 3.05) is 7.05 Å². The first kappa shape index (κ1) is 12.1. The molecule has 0 saturated carbocycles. The number of nitrogens with one attached hydrogen (secondary N) is 1. The Morgan fingerprint density at radius 2 is 2.35 bits per heavy atom. The predicted octanol–water partition coefficient (Wildman–Crippen LogP) is 2.04. The van der Waals surface area contributed by atoms with Gasteiger partial charge in [0.25, 0.3) is 5.91 Å². The minimum absolute atomic E-state index is 0.253. The second-order valence-corrected chi connectivity index (χ2v) is 4.51. The summed E-state index contributed by atoms with van der Waals surface area (Å²) in [5.41, 5.74) is 0.313. The van der Waals surface area contributed by atoms with Crippen LogP contribution in [0.15, 0.2) is 29.0 Å². The van der Waals surface area contributed by atoms with Crippen LogP contribution < -0.4 is 5.32 Å². The normalized spacial score (nSPS) is 10.3. The Labute approximate surface area is 111 Å². The maximum absolute atomic E-state index is 11.3. The molecule has 5 nitrogen and oxygen atoms in total. The van der Waals surface area contributed by atoms with Crippen molar-refractivity contribution in [3.63, 3.8) is 0 Å². The molecule has 1 amide bonds. The molecule has 0 fully saturated rings. The van der Waals surface area contributed by atoms with Gasteiger partial charge in [-0.1, -0.05) is 11.6 Å². The molecule has 1 N–H and O–H groups in total. The quantitative estimate of drug-likeness (QED) is 0.922. The van der Waals surface area contributed by atoms with Gasteiger partial charge in [-0.05, 0) is 28.1 Å². The maximum atomic E-state index is 11.3. The third-order valence-corrected chi connectivity index (χ3v) is 2.77. The Morgan fingerprint density at radius 3 is 3.00 bits per heavy atom. The van der Waals surface area contributed by atoms with Gasteiger partial charge in [0.2, 0.25) is 0 Å². The molecule has 7 heteroatoms. The fourth-order valence-electron chi connectivity index (χ4n) is 1.27. The van der Waals surface area contributed by atoms with Crippen LogP contribution in [0, 0.1) is 0 Å². The highest BCUT2D eigenvalue weighted by Crippen LogP contribution is 2.21. The number of rotatable bonds is 2. The molecular weight excluding hydrogens is 307 g/mol. The van der Waals surface area contributed by atoms with Crippen molar-refractivity contribution in [3.05, 3.63) is 39.7 Å². The van der Waals surface area contributed by atoms with Crippen LogP contribution in [0.25, 0.3) is 5.82 Å². The second kappa shape index (κ2) is 4.85. The lowest BCUT2D eigenvalue weighted by Gasteiger charge is -2.02. The molecule has 0 unspecified atom stereocenters. The molecule has 2 rings (SSSR count). The molecule has 0 spiro atoms. The van der Waals surface area contributed by atoms with Gasteiger partial charge < -0.3 is 5.32 Å². The van der Waals surface area contributed by atoms with Gasteiger partial charge in [-0.3, -0.25) is 4.79 Å². The molecule has 0 radical (unpaired) electrons. The summed E-state index contributed by atoms with van der Waals surface area (Å²) in [6, 6.07) is 3.31. The van der Waals surface area contributed by atoms with E-state index in [0.717, 1.165) is 4.47 Å². The minimum atomic E-state index is -0.253. The minimum Gasteiger partial charge on any atom is -0.354 e. The highest BCUT2D eigenvalue weighted by Gasteiger charge is 2.11. The van der Waals surface area contributed by atoms with Gasteiger partial charge in [0.1, 0.15) is 0 Å². The molecule has 0 aromatic carbocycles. The van der Waals surface area contributed by atoms with E-state index in [2.05, 4.69) is 31.3 Å². The van der Waals surface area contributed by atoms with E-state index >= 15 is 0 Å². The molecule has 88 valence electrons. The first-order valence-electron chi connectivity index (χ1n) is 4.71. The Kier molecular flexibility index (Phi) is 3.44. The molecular formula is C10H8BrClN4O. The van der Waals surface area contributed by atoms with Gasteiger partial charge in [-0.15, -0.1) is 0 Å². The highest BCUT2D eigenvalue weighted by molar-refractivity contribution is 9.10. The largest absolute Gasteiger partial charge is 0.354 e. The molecule has 0 saturated heterocycles. The van der Waals surface area contributed by atoms with E-state index in [4.69, 9.17) is 11.6 Å². The summed E-state index contributed by atoms with van der Waals surface area (Å²) in [5, 5.41) is 7.03. The standard InChI is InChI=1S/C10H8BrClN4O/c1-13-10(17)8-2-3-16(15-8)9-7(12)4-6(11)5-14-9/h2-5H,1H3,(H,13,17). The zero-order valence-corrected chi connectivity index (χ0v) is 11.2. The summed E-state index contributed by atoms with van der Waals surface area (Å²) in [7, 11) is 1.55. The number of hydrogen-bond donors (Lipinski definition) is 1. The smallest absolute Gasteiger partial charge is 0.271 e. The number of hydrogen-bond acceptors (Lipinski definition) is 3. The van der Waals surface area contributed by atoms with E-state index in [0.29, 0.717) is 16.5 Å². The Bertz CT molecular complexity index is 569. The third kappa shape index (κ3) is 2.48. The molecule has 2 aromatic rings. The lowest BCUT2D eigenvalue weighted by Crippen LogP contribution is -2.18. The van der Waals surface area contributed by atoms with Gasteiger partial charge in [0.15, 0.2) is 11.5 Å². The monoisotopic (exact) mass is 314 g/mol. The van der Waals surface area contributed by atoms with Gasteiger partial charge in [-0.2, -0.15) is 5.10 Å². The van der Waals surface area contributed by atoms with Crippen LogP contribution >= 0.6 is 27.5 Å². The summed E-state index contributed by atoms with van der Waals surface area (Å²) in [6.07, 6.45) is 3.25. The van der Waals surface area contributed by atoms with E-state index < -0.39 is 0 Å². The van der Waals surface area contributed by atoms with Gasteiger partial charge in [0.05, 0.1) is 5.02 Å². The topological polar surface area (TPSA) is 59.8 Å². The first-order chi connectivity index (χ1) is 8.11. The Morgan fingerprint density at radius 1 is 1.59 bits per heavy atom. The van der Waals surface area contributed by atoms with Crippen LogP contribution in [0.1, 0.15) is 10.5 Å². The maximum Gasteiger partial charge on any atom is 0.271 e. The predicted molar refractivity (Wildman–Crippen MR) is 67.5 cm³/mol. The average molecular weight is 316 g/mol. The second-order valence-electron chi connectivity index (χ2n) is 3.18. The number of amides is 1. The average Bonchev–Trinajstić information content (AvgIpc) is 2.77. The fraction of sp³-hybridized carbons (Fsp3) is 0.100. The van der Waals surface area contributed by atoms with E-state index in [1.54, 1.807) is 31.6 Å². The summed E-state index contributed by atoms with van der Waals surface area (Å²) < 4.78 is 2.24. The molecule has 2 aromatic heterocycles. The summed E-state index contributed by atoms with van der Waals surface area (Å²) >= 11 is 9.30. The van der Waals surface area contributed by atoms with Crippen molar-refractivity contribution < 1.29 is 4.79 Å². The lowest BCUT2D eigenvalue weighted by atomic mass is 10.4. The lowest BCUT2D eigenvalue weighted by molar-refractivity contribution is 0.0957. The summed E-state index contributed by atoms with van der Waals surface area (Å²) in [4.78, 5) is 15.5. The molecule has 2 heterocycles. The van der Waals surface area contributed by atoms with Crippen LogP contribution in [-0.2, 0) is 0 Å². The third-order valence-electron chi connectivity index (χ3n) is 2.05. The Balaban J connectivity index is 2.40. The molecule has 0 atom stereocenters. The molecule has 0 aliphatic rings. The van der Waals surface area contributed by atoms with E-state index in [1.807, 2.05) is 0 Å². The van der Waals surface area contributed by atoms with Crippen molar-refractivity contribution in [2.45, 2.75) is 0 Å². The van der Waals surface area contributed by atoms with E-state index in [-0.39, 0.29) is 5.91 Å². The molecule has 0 bridgehead atoms. The zero-order chi connectivity index (χ0) is 12.4. The number of carbonyl (C=O) groups excluding carboxylic acids is 1. The van der Waals surface area contributed by atoms with E-state index in [1.165, 1.54) is 4.68 Å². The van der Waals surface area contributed by atoms with Crippen LogP contribution in [0.2, 0.25) is 5.02 Å². The van der Waals surface area contributed by atoms with Crippen molar-refractivity contribution >= 4 is 33.4 Å². The zero-order valence-electron chi connectivity index (χ0n) is 8.82. The van der Waals surface area contributed by atoms with Gasteiger partial charge in [-0.25, -0.2) is 9.67 Å². The van der Waals surface area contributed by atoms with Crippen molar-refractivity contribution in [2.24, 2.45) is 0 Å². The van der Waals surface area contributed by atoms with Crippen LogP contribution in [0.4, 0.5) is 0 Å². The van der Waals surface area contributed by atoms with Crippen molar-refractivity contribution in [3.8, 4) is 5.82 Å². The first-order valence-corrected chi connectivity index (χ1v) is 5.88. The number of pyridine rings is 1. The van der Waals surface area contributed by atoms with Crippen molar-refractivity contribution in [1.82, 2.24) is 20.1 Å². The fourth-order valence-corrected chi connectivity index (χ4v) is 1.98. The van der Waals surface area contributed by atoms with Gasteiger partial charge in [0, 0.05) is 23.9 Å². The van der Waals surface area contributed by atoms with Crippen LogP contribution in [-0.4, -0.2) is 27.7 Å². The summed E-state index contributed by atoms with van der Waals surface area (Å²) in [5.74, 6) is 0.224. The van der Waals surface area contributed by atoms with Crippen LogP contribution in [0.3, 0.4) is 0 Å². The number of aromatic nitrogens is 3. The Hall–Kier alpha value is -1.40. The molecule has 0 aliphatic heterocycles. The van der Waals surface area contributed by atoms with Crippen molar-refractivity contribution in [1.29, 1.82) is 0 Å².